The summed E-state index contributed by atoms with van der Waals surface area (Å²) in [6, 6.07) is 4.99. The van der Waals surface area contributed by atoms with Crippen LogP contribution in [0.3, 0.4) is 0 Å². The highest BCUT2D eigenvalue weighted by Crippen LogP contribution is 2.28. The van der Waals surface area contributed by atoms with Crippen LogP contribution in [-0.2, 0) is 6.61 Å². The standard InChI is InChI=1S/C13H18N2O3/c1-10-4-6-14(7-5-10)12-2-3-13(15(17)18)11(8-12)9-16/h2-3,8,10,16H,4-7,9H2,1H3. The molecule has 0 saturated carbocycles. The van der Waals surface area contributed by atoms with Crippen LogP contribution >= 0.6 is 0 Å². The third-order valence-electron chi connectivity index (χ3n) is 3.58. The molecule has 1 saturated heterocycles. The molecular weight excluding hydrogens is 232 g/mol. The van der Waals surface area contributed by atoms with Gasteiger partial charge < -0.3 is 10.0 Å². The van der Waals surface area contributed by atoms with Crippen molar-refractivity contribution in [2.45, 2.75) is 26.4 Å². The molecule has 0 unspecified atom stereocenters. The van der Waals surface area contributed by atoms with E-state index >= 15 is 0 Å². The second-order valence-electron chi connectivity index (χ2n) is 4.90. The quantitative estimate of drug-likeness (QED) is 0.660. The van der Waals surface area contributed by atoms with Gasteiger partial charge in [0.25, 0.3) is 5.69 Å². The fourth-order valence-electron chi connectivity index (χ4n) is 2.34. The zero-order valence-electron chi connectivity index (χ0n) is 10.5. The van der Waals surface area contributed by atoms with Crippen molar-refractivity contribution in [2.75, 3.05) is 18.0 Å². The Kier molecular flexibility index (Phi) is 3.81. The van der Waals surface area contributed by atoms with E-state index in [1.165, 1.54) is 6.07 Å². The largest absolute Gasteiger partial charge is 0.391 e. The van der Waals surface area contributed by atoms with Crippen molar-refractivity contribution in [3.8, 4) is 0 Å². The van der Waals surface area contributed by atoms with Crippen LogP contribution < -0.4 is 4.90 Å². The Morgan fingerprint density at radius 3 is 2.67 bits per heavy atom. The van der Waals surface area contributed by atoms with E-state index in [1.807, 2.05) is 0 Å². The Balaban J connectivity index is 2.22. The summed E-state index contributed by atoms with van der Waals surface area (Å²) in [5.74, 6) is 0.747. The van der Waals surface area contributed by atoms with Gasteiger partial charge >= 0.3 is 0 Å². The summed E-state index contributed by atoms with van der Waals surface area (Å²) >= 11 is 0. The molecule has 1 aromatic rings. The molecule has 0 aliphatic carbocycles. The molecule has 98 valence electrons. The third kappa shape index (κ3) is 2.61. The summed E-state index contributed by atoms with van der Waals surface area (Å²) in [4.78, 5) is 12.6. The monoisotopic (exact) mass is 250 g/mol. The van der Waals surface area contributed by atoms with E-state index < -0.39 is 4.92 Å². The number of rotatable bonds is 3. The number of aliphatic hydroxyl groups is 1. The Morgan fingerprint density at radius 1 is 1.44 bits per heavy atom. The van der Waals surface area contributed by atoms with E-state index in [9.17, 15) is 15.2 Å². The van der Waals surface area contributed by atoms with E-state index in [0.29, 0.717) is 5.56 Å². The Hall–Kier alpha value is -1.62. The lowest BCUT2D eigenvalue weighted by Crippen LogP contribution is -2.32. The van der Waals surface area contributed by atoms with E-state index in [0.717, 1.165) is 37.5 Å². The summed E-state index contributed by atoms with van der Waals surface area (Å²) in [6.45, 7) is 3.90. The summed E-state index contributed by atoms with van der Waals surface area (Å²) in [5.41, 5.74) is 1.35. The molecule has 5 nitrogen and oxygen atoms in total. The Morgan fingerprint density at radius 2 is 2.11 bits per heavy atom. The van der Waals surface area contributed by atoms with Gasteiger partial charge in [-0.15, -0.1) is 0 Å². The summed E-state index contributed by atoms with van der Waals surface area (Å²) in [5, 5.41) is 20.0. The Bertz CT molecular complexity index is 440. The number of anilines is 1. The minimum absolute atomic E-state index is 0.00775. The van der Waals surface area contributed by atoms with Crippen molar-refractivity contribution in [1.82, 2.24) is 0 Å². The highest BCUT2D eigenvalue weighted by Gasteiger charge is 2.19. The predicted octanol–water partition coefficient (Wildman–Crippen LogP) is 2.32. The second-order valence-corrected chi connectivity index (χ2v) is 4.90. The molecule has 1 heterocycles. The summed E-state index contributed by atoms with van der Waals surface area (Å²) in [7, 11) is 0. The van der Waals surface area contributed by atoms with Crippen molar-refractivity contribution in [3.05, 3.63) is 33.9 Å². The van der Waals surface area contributed by atoms with Gasteiger partial charge in [0.05, 0.1) is 17.1 Å². The van der Waals surface area contributed by atoms with Crippen LogP contribution in [0, 0.1) is 16.0 Å². The fourth-order valence-corrected chi connectivity index (χ4v) is 2.34. The van der Waals surface area contributed by atoms with Crippen LogP contribution in [0.25, 0.3) is 0 Å². The fraction of sp³-hybridized carbons (Fsp3) is 0.538. The number of nitrogens with zero attached hydrogens (tertiary/aromatic N) is 2. The van der Waals surface area contributed by atoms with Crippen LogP contribution in [0.2, 0.25) is 0 Å². The molecule has 1 aliphatic heterocycles. The first-order valence-corrected chi connectivity index (χ1v) is 6.25. The molecule has 2 rings (SSSR count). The van der Waals surface area contributed by atoms with Crippen LogP contribution in [0.5, 0.6) is 0 Å². The molecular formula is C13H18N2O3. The third-order valence-corrected chi connectivity index (χ3v) is 3.58. The molecule has 18 heavy (non-hydrogen) atoms. The first-order chi connectivity index (χ1) is 8.61. The van der Waals surface area contributed by atoms with E-state index in [4.69, 9.17) is 0 Å². The van der Waals surface area contributed by atoms with Crippen LogP contribution in [0.4, 0.5) is 11.4 Å². The zero-order valence-corrected chi connectivity index (χ0v) is 10.5. The van der Waals surface area contributed by atoms with Gasteiger partial charge in [0, 0.05) is 24.8 Å². The first-order valence-electron chi connectivity index (χ1n) is 6.25. The smallest absolute Gasteiger partial charge is 0.275 e. The molecule has 1 aromatic carbocycles. The van der Waals surface area contributed by atoms with Gasteiger partial charge in [0.2, 0.25) is 0 Å². The van der Waals surface area contributed by atoms with Gasteiger partial charge in [-0.3, -0.25) is 10.1 Å². The van der Waals surface area contributed by atoms with E-state index in [2.05, 4.69) is 11.8 Å². The van der Waals surface area contributed by atoms with Crippen molar-refractivity contribution in [2.24, 2.45) is 5.92 Å². The average molecular weight is 250 g/mol. The lowest BCUT2D eigenvalue weighted by Gasteiger charge is -2.32. The predicted molar refractivity (Wildman–Crippen MR) is 69.6 cm³/mol. The number of benzene rings is 1. The Labute approximate surface area is 106 Å². The molecule has 0 aromatic heterocycles. The maximum atomic E-state index is 10.8. The molecule has 0 atom stereocenters. The molecule has 5 heteroatoms. The van der Waals surface area contributed by atoms with Crippen molar-refractivity contribution in [3.63, 3.8) is 0 Å². The van der Waals surface area contributed by atoms with Crippen LogP contribution in [-0.4, -0.2) is 23.1 Å². The molecule has 0 bridgehead atoms. The summed E-state index contributed by atoms with van der Waals surface area (Å²) < 4.78 is 0. The van der Waals surface area contributed by atoms with Crippen molar-refractivity contribution in [1.29, 1.82) is 0 Å². The van der Waals surface area contributed by atoms with Crippen LogP contribution in [0.15, 0.2) is 18.2 Å². The number of aliphatic hydroxyl groups excluding tert-OH is 1. The lowest BCUT2D eigenvalue weighted by molar-refractivity contribution is -0.385. The van der Waals surface area contributed by atoms with Gasteiger partial charge in [-0.25, -0.2) is 0 Å². The second kappa shape index (κ2) is 5.35. The van der Waals surface area contributed by atoms with Gasteiger partial charge in [-0.2, -0.15) is 0 Å². The molecule has 1 N–H and O–H groups in total. The minimum Gasteiger partial charge on any atom is -0.391 e. The highest BCUT2D eigenvalue weighted by atomic mass is 16.6. The van der Waals surface area contributed by atoms with Crippen LogP contribution in [0.1, 0.15) is 25.3 Å². The van der Waals surface area contributed by atoms with Crippen molar-refractivity contribution < 1.29 is 10.0 Å². The van der Waals surface area contributed by atoms with Gasteiger partial charge in [0.15, 0.2) is 0 Å². The molecule has 1 fully saturated rings. The van der Waals surface area contributed by atoms with E-state index in [-0.39, 0.29) is 12.3 Å². The maximum Gasteiger partial charge on any atom is 0.275 e. The summed E-state index contributed by atoms with van der Waals surface area (Å²) in [6.07, 6.45) is 2.29. The van der Waals surface area contributed by atoms with Gasteiger partial charge in [-0.1, -0.05) is 6.92 Å². The zero-order chi connectivity index (χ0) is 13.1. The minimum atomic E-state index is -0.451. The number of hydrogen-bond acceptors (Lipinski definition) is 4. The molecule has 1 aliphatic rings. The number of piperidine rings is 1. The maximum absolute atomic E-state index is 10.8. The SMILES string of the molecule is CC1CCN(c2ccc([N+](=O)[O-])c(CO)c2)CC1. The molecule has 0 radical (unpaired) electrons. The lowest BCUT2D eigenvalue weighted by atomic mass is 9.98. The molecule has 0 spiro atoms. The number of hydrogen-bond donors (Lipinski definition) is 1. The van der Waals surface area contributed by atoms with Gasteiger partial charge in [0.1, 0.15) is 0 Å². The van der Waals surface area contributed by atoms with Gasteiger partial charge in [-0.05, 0) is 30.9 Å². The number of nitro benzene ring substituents is 1. The topological polar surface area (TPSA) is 66.6 Å². The molecule has 0 amide bonds. The highest BCUT2D eigenvalue weighted by molar-refractivity contribution is 5.55. The van der Waals surface area contributed by atoms with Crippen molar-refractivity contribution >= 4 is 11.4 Å². The first kappa shape index (κ1) is 12.8. The van der Waals surface area contributed by atoms with E-state index in [1.54, 1.807) is 12.1 Å². The average Bonchev–Trinajstić information content (AvgIpc) is 2.38. The normalized spacial score (nSPS) is 16.9. The number of nitro groups is 1.